The highest BCUT2D eigenvalue weighted by Crippen LogP contribution is 2.28. The molecule has 1 aliphatic rings. The van der Waals surface area contributed by atoms with Crippen molar-refractivity contribution >= 4 is 23.3 Å². The largest absolute Gasteiger partial charge is 0.468 e. The van der Waals surface area contributed by atoms with Gasteiger partial charge >= 0.3 is 5.97 Å². The first-order chi connectivity index (χ1) is 12.6. The molecule has 0 bridgehead atoms. The van der Waals surface area contributed by atoms with Gasteiger partial charge in [0.25, 0.3) is 0 Å². The number of benzene rings is 2. The van der Waals surface area contributed by atoms with Crippen LogP contribution in [0, 0.1) is 5.82 Å². The Kier molecular flexibility index (Phi) is 5.96. The second kappa shape index (κ2) is 8.38. The van der Waals surface area contributed by atoms with Gasteiger partial charge in [0, 0.05) is 18.8 Å². The van der Waals surface area contributed by atoms with E-state index in [0.717, 1.165) is 18.8 Å². The monoisotopic (exact) mass is 378 g/mol. The molecule has 0 radical (unpaired) electrons. The van der Waals surface area contributed by atoms with Crippen LogP contribution in [0.15, 0.2) is 42.5 Å². The molecule has 26 heavy (non-hydrogen) atoms. The van der Waals surface area contributed by atoms with Gasteiger partial charge in [-0.25, -0.2) is 9.18 Å². The fourth-order valence-corrected chi connectivity index (χ4v) is 3.01. The minimum absolute atomic E-state index is 0.230. The van der Waals surface area contributed by atoms with Crippen LogP contribution in [0.2, 0.25) is 5.02 Å². The lowest BCUT2D eigenvalue weighted by Crippen LogP contribution is -2.54. The minimum Gasteiger partial charge on any atom is -0.468 e. The Morgan fingerprint density at radius 1 is 1.31 bits per heavy atom. The molecule has 0 aliphatic carbocycles. The summed E-state index contributed by atoms with van der Waals surface area (Å²) in [5.41, 5.74) is 1.42. The summed E-state index contributed by atoms with van der Waals surface area (Å²) in [7, 11) is 0. The molecule has 1 aliphatic heterocycles. The van der Waals surface area contributed by atoms with Gasteiger partial charge in [-0.2, -0.15) is 0 Å². The Balaban J connectivity index is 1.77. The number of carbonyl (C=O) groups is 1. The number of esters is 1. The van der Waals surface area contributed by atoms with E-state index in [9.17, 15) is 9.18 Å². The molecule has 2 aromatic carbocycles. The van der Waals surface area contributed by atoms with Crippen LogP contribution in [0.5, 0.6) is 5.75 Å². The van der Waals surface area contributed by atoms with Crippen molar-refractivity contribution in [2.75, 3.05) is 31.1 Å². The molecule has 0 spiro atoms. The maximum absolute atomic E-state index is 13.2. The number of rotatable bonds is 5. The summed E-state index contributed by atoms with van der Waals surface area (Å²) in [6.45, 7) is 4.23. The van der Waals surface area contributed by atoms with Crippen LogP contribution in [0.4, 0.5) is 10.1 Å². The highest BCUT2D eigenvalue weighted by Gasteiger charge is 2.25. The van der Waals surface area contributed by atoms with E-state index in [1.165, 1.54) is 18.2 Å². The number of halogens is 2. The third-order valence-electron chi connectivity index (χ3n) is 4.06. The average Bonchev–Trinajstić information content (AvgIpc) is 2.65. The Labute approximate surface area is 156 Å². The molecule has 1 atom stereocenters. The zero-order chi connectivity index (χ0) is 18.5. The first-order valence-electron chi connectivity index (χ1n) is 8.44. The van der Waals surface area contributed by atoms with E-state index in [-0.39, 0.29) is 17.2 Å². The van der Waals surface area contributed by atoms with E-state index >= 15 is 0 Å². The maximum atomic E-state index is 13.2. The van der Waals surface area contributed by atoms with Crippen molar-refractivity contribution in [3.05, 3.63) is 58.9 Å². The Morgan fingerprint density at radius 2 is 2.08 bits per heavy atom. The van der Waals surface area contributed by atoms with Crippen LogP contribution in [-0.4, -0.2) is 38.4 Å². The third kappa shape index (κ3) is 4.26. The molecule has 138 valence electrons. The first-order valence-corrected chi connectivity index (χ1v) is 8.82. The summed E-state index contributed by atoms with van der Waals surface area (Å²) in [5.74, 6) is -0.323. The summed E-state index contributed by atoms with van der Waals surface area (Å²) >= 11 is 6.07. The molecule has 2 aromatic rings. The molecule has 5 nitrogen and oxygen atoms in total. The standard InChI is InChI=1S/C19H20ClFN2O3/c1-2-25-19(24)13-3-6-15(7-4-13)23-10-9-22-12-18(23)26-17-8-5-14(21)11-16(17)20/h3-8,11,18,22H,2,9-10,12H2,1H3. The molecule has 1 unspecified atom stereocenters. The van der Waals surface area contributed by atoms with Crippen molar-refractivity contribution in [2.24, 2.45) is 0 Å². The lowest BCUT2D eigenvalue weighted by molar-refractivity contribution is 0.0526. The van der Waals surface area contributed by atoms with Crippen molar-refractivity contribution in [3.63, 3.8) is 0 Å². The molecule has 3 rings (SSSR count). The minimum atomic E-state index is -0.407. The van der Waals surface area contributed by atoms with Gasteiger partial charge in [0.05, 0.1) is 23.7 Å². The highest BCUT2D eigenvalue weighted by molar-refractivity contribution is 6.32. The van der Waals surface area contributed by atoms with E-state index in [1.54, 1.807) is 19.1 Å². The second-order valence-corrected chi connectivity index (χ2v) is 6.22. The Bertz CT molecular complexity index is 770. The fraction of sp³-hybridized carbons (Fsp3) is 0.316. The highest BCUT2D eigenvalue weighted by atomic mass is 35.5. The Morgan fingerprint density at radius 3 is 2.77 bits per heavy atom. The van der Waals surface area contributed by atoms with Gasteiger partial charge in [-0.15, -0.1) is 0 Å². The summed E-state index contributed by atoms with van der Waals surface area (Å²) in [6.07, 6.45) is -0.305. The fourth-order valence-electron chi connectivity index (χ4n) is 2.80. The molecule has 1 heterocycles. The molecular formula is C19H20ClFN2O3. The number of carbonyl (C=O) groups excluding carboxylic acids is 1. The number of nitrogens with one attached hydrogen (secondary N) is 1. The third-order valence-corrected chi connectivity index (χ3v) is 4.36. The number of hydrogen-bond acceptors (Lipinski definition) is 5. The maximum Gasteiger partial charge on any atom is 0.338 e. The smallest absolute Gasteiger partial charge is 0.338 e. The van der Waals surface area contributed by atoms with Crippen LogP contribution >= 0.6 is 11.6 Å². The van der Waals surface area contributed by atoms with Gasteiger partial charge in [0.1, 0.15) is 11.6 Å². The van der Waals surface area contributed by atoms with Crippen LogP contribution < -0.4 is 15.0 Å². The van der Waals surface area contributed by atoms with E-state index in [0.29, 0.717) is 24.5 Å². The Hall–Kier alpha value is -2.31. The summed E-state index contributed by atoms with van der Waals surface area (Å²) in [4.78, 5) is 13.9. The van der Waals surface area contributed by atoms with Gasteiger partial charge in [-0.1, -0.05) is 11.6 Å². The number of hydrogen-bond donors (Lipinski definition) is 1. The van der Waals surface area contributed by atoms with Crippen LogP contribution in [0.1, 0.15) is 17.3 Å². The molecule has 1 fully saturated rings. The van der Waals surface area contributed by atoms with Crippen molar-refractivity contribution in [3.8, 4) is 5.75 Å². The molecule has 1 N–H and O–H groups in total. The lowest BCUT2D eigenvalue weighted by Gasteiger charge is -2.37. The number of ether oxygens (including phenoxy) is 2. The van der Waals surface area contributed by atoms with Gasteiger partial charge in [0.2, 0.25) is 0 Å². The summed E-state index contributed by atoms with van der Waals surface area (Å²) < 4.78 is 24.2. The van der Waals surface area contributed by atoms with Crippen LogP contribution in [-0.2, 0) is 4.74 Å². The SMILES string of the molecule is CCOC(=O)c1ccc(N2CCNCC2Oc2ccc(F)cc2Cl)cc1. The first kappa shape index (κ1) is 18.5. The summed E-state index contributed by atoms with van der Waals surface area (Å²) in [5, 5.41) is 3.50. The van der Waals surface area contributed by atoms with Crippen molar-refractivity contribution < 1.29 is 18.7 Å². The zero-order valence-electron chi connectivity index (χ0n) is 14.4. The number of anilines is 1. The van der Waals surface area contributed by atoms with E-state index in [2.05, 4.69) is 10.2 Å². The normalized spacial score (nSPS) is 17.0. The molecule has 7 heteroatoms. The van der Waals surface area contributed by atoms with Crippen molar-refractivity contribution in [2.45, 2.75) is 13.2 Å². The topological polar surface area (TPSA) is 50.8 Å². The van der Waals surface area contributed by atoms with Crippen molar-refractivity contribution in [1.82, 2.24) is 5.32 Å². The van der Waals surface area contributed by atoms with Gasteiger partial charge in [0.15, 0.2) is 6.23 Å². The quantitative estimate of drug-likeness (QED) is 0.807. The molecule has 0 saturated carbocycles. The molecule has 1 saturated heterocycles. The summed E-state index contributed by atoms with van der Waals surface area (Å²) in [6, 6.07) is 11.3. The van der Waals surface area contributed by atoms with Gasteiger partial charge in [-0.3, -0.25) is 0 Å². The van der Waals surface area contributed by atoms with E-state index in [1.807, 2.05) is 12.1 Å². The zero-order valence-corrected chi connectivity index (χ0v) is 15.1. The lowest BCUT2D eigenvalue weighted by atomic mass is 10.1. The van der Waals surface area contributed by atoms with Gasteiger partial charge in [-0.05, 0) is 49.4 Å². The van der Waals surface area contributed by atoms with Gasteiger partial charge < -0.3 is 19.7 Å². The average molecular weight is 379 g/mol. The van der Waals surface area contributed by atoms with Crippen LogP contribution in [0.3, 0.4) is 0 Å². The van der Waals surface area contributed by atoms with E-state index < -0.39 is 5.82 Å². The van der Waals surface area contributed by atoms with Crippen molar-refractivity contribution in [1.29, 1.82) is 0 Å². The molecule has 0 aromatic heterocycles. The predicted molar refractivity (Wildman–Crippen MR) is 98.4 cm³/mol. The second-order valence-electron chi connectivity index (χ2n) is 5.81. The van der Waals surface area contributed by atoms with E-state index in [4.69, 9.17) is 21.1 Å². The molecule has 0 amide bonds. The molecular weight excluding hydrogens is 359 g/mol. The predicted octanol–water partition coefficient (Wildman–Crippen LogP) is 3.47. The van der Waals surface area contributed by atoms with Crippen LogP contribution in [0.25, 0.3) is 0 Å². The number of piperazine rings is 1. The number of nitrogens with zero attached hydrogens (tertiary/aromatic N) is 1.